The lowest BCUT2D eigenvalue weighted by molar-refractivity contribution is 0.490. The van der Waals surface area contributed by atoms with Crippen LogP contribution in [0.25, 0.3) is 0 Å². The Balaban J connectivity index is 0.000000720. The summed E-state index contributed by atoms with van der Waals surface area (Å²) in [5.74, 6) is 0. The fourth-order valence-electron chi connectivity index (χ4n) is 1.38. The van der Waals surface area contributed by atoms with Gasteiger partial charge in [-0.15, -0.1) is 24.8 Å². The minimum atomic E-state index is 0. The number of nitrogens with one attached hydrogen (secondary N) is 1. The normalized spacial score (nSPS) is 20.5. The molecule has 0 unspecified atom stereocenters. The van der Waals surface area contributed by atoms with E-state index in [1.807, 2.05) is 6.20 Å². The zero-order valence-corrected chi connectivity index (χ0v) is 10.7. The molecule has 1 saturated heterocycles. The first-order valence-corrected chi connectivity index (χ1v) is 4.84. The van der Waals surface area contributed by atoms with E-state index in [9.17, 15) is 0 Å². The van der Waals surface area contributed by atoms with Crippen molar-refractivity contribution in [2.24, 2.45) is 0 Å². The molecule has 0 aliphatic carbocycles. The van der Waals surface area contributed by atoms with Gasteiger partial charge in [-0.2, -0.15) is 5.10 Å². The zero-order chi connectivity index (χ0) is 7.68. The molecule has 1 aliphatic rings. The van der Waals surface area contributed by atoms with Crippen LogP contribution in [0.4, 0.5) is 0 Å². The lowest BCUT2D eigenvalue weighted by atomic mass is 10.3. The predicted molar refractivity (Wildman–Crippen MR) is 66.0 cm³/mol. The van der Waals surface area contributed by atoms with E-state index in [0.29, 0.717) is 6.04 Å². The third kappa shape index (κ3) is 3.27. The first kappa shape index (κ1) is 13.5. The molecule has 0 radical (unpaired) electrons. The minimum Gasteiger partial charge on any atom is -0.315 e. The maximum atomic E-state index is 4.27. The van der Waals surface area contributed by atoms with Crippen LogP contribution in [-0.4, -0.2) is 22.9 Å². The summed E-state index contributed by atoms with van der Waals surface area (Å²) in [5, 5.41) is 7.58. The average molecular weight is 336 g/mol. The fourth-order valence-corrected chi connectivity index (χ4v) is 1.79. The Kier molecular flexibility index (Phi) is 6.28. The first-order chi connectivity index (χ1) is 5.36. The van der Waals surface area contributed by atoms with Crippen molar-refractivity contribution in [1.82, 2.24) is 15.1 Å². The maximum Gasteiger partial charge on any atom is 0.0656 e. The molecule has 1 fully saturated rings. The topological polar surface area (TPSA) is 29.9 Å². The summed E-state index contributed by atoms with van der Waals surface area (Å²) < 4.78 is 3.27. The van der Waals surface area contributed by atoms with Gasteiger partial charge in [0.25, 0.3) is 0 Å². The highest BCUT2D eigenvalue weighted by molar-refractivity contribution is 14.1. The molecule has 0 amide bonds. The highest BCUT2D eigenvalue weighted by Gasteiger charge is 2.16. The molecule has 1 aromatic heterocycles. The van der Waals surface area contributed by atoms with Gasteiger partial charge in [0.05, 0.1) is 15.8 Å². The molecular formula is C7H12Cl2IN3. The van der Waals surface area contributed by atoms with Crippen LogP contribution in [-0.2, 0) is 0 Å². The van der Waals surface area contributed by atoms with E-state index in [1.165, 1.54) is 9.99 Å². The molecule has 3 nitrogen and oxygen atoms in total. The van der Waals surface area contributed by atoms with Crippen LogP contribution in [0.5, 0.6) is 0 Å². The van der Waals surface area contributed by atoms with Crippen LogP contribution in [0.2, 0.25) is 0 Å². The standard InChI is InChI=1S/C7H10IN3.2ClH/c8-6-3-10-11(5-6)7-1-2-9-4-7;;/h3,5,7,9H,1-2,4H2;2*1H/t7-;;/m1../s1. The van der Waals surface area contributed by atoms with Crippen molar-refractivity contribution in [3.63, 3.8) is 0 Å². The Hall–Kier alpha value is 0.480. The molecule has 0 bridgehead atoms. The van der Waals surface area contributed by atoms with Crippen molar-refractivity contribution < 1.29 is 0 Å². The zero-order valence-electron chi connectivity index (χ0n) is 6.94. The molecule has 1 atom stereocenters. The van der Waals surface area contributed by atoms with Gasteiger partial charge in [0.2, 0.25) is 0 Å². The summed E-state index contributed by atoms with van der Waals surface area (Å²) in [7, 11) is 0. The summed E-state index contributed by atoms with van der Waals surface area (Å²) in [5.41, 5.74) is 0. The van der Waals surface area contributed by atoms with Gasteiger partial charge in [-0.25, -0.2) is 0 Å². The van der Waals surface area contributed by atoms with Crippen molar-refractivity contribution in [2.45, 2.75) is 12.5 Å². The Bertz CT molecular complexity index is 248. The van der Waals surface area contributed by atoms with Gasteiger partial charge < -0.3 is 5.32 Å². The maximum absolute atomic E-state index is 4.27. The fraction of sp³-hybridized carbons (Fsp3) is 0.571. The second kappa shape index (κ2) is 6.06. The molecule has 13 heavy (non-hydrogen) atoms. The highest BCUT2D eigenvalue weighted by Crippen LogP contribution is 2.14. The molecule has 1 aliphatic heterocycles. The third-order valence-corrected chi connectivity index (χ3v) is 2.54. The SMILES string of the molecule is Cl.Cl.Ic1cnn([C@@H]2CCNC2)c1. The van der Waals surface area contributed by atoms with E-state index in [1.54, 1.807) is 0 Å². The molecule has 1 aromatic rings. The quantitative estimate of drug-likeness (QED) is 0.794. The van der Waals surface area contributed by atoms with Crippen molar-refractivity contribution in [2.75, 3.05) is 13.1 Å². The Morgan fingerprint density at radius 1 is 1.54 bits per heavy atom. The molecule has 0 spiro atoms. The average Bonchev–Trinajstić information content (AvgIpc) is 2.55. The van der Waals surface area contributed by atoms with E-state index in [0.717, 1.165) is 13.1 Å². The number of halogens is 3. The van der Waals surface area contributed by atoms with Crippen molar-refractivity contribution >= 4 is 47.4 Å². The first-order valence-electron chi connectivity index (χ1n) is 3.76. The van der Waals surface area contributed by atoms with Crippen LogP contribution in [0, 0.1) is 3.57 Å². The van der Waals surface area contributed by atoms with Crippen LogP contribution < -0.4 is 5.32 Å². The minimum absolute atomic E-state index is 0. The molecule has 1 N–H and O–H groups in total. The van der Waals surface area contributed by atoms with Crippen molar-refractivity contribution in [1.29, 1.82) is 0 Å². The second-order valence-corrected chi connectivity index (χ2v) is 4.03. The van der Waals surface area contributed by atoms with Crippen LogP contribution in [0.15, 0.2) is 12.4 Å². The number of aromatic nitrogens is 2. The third-order valence-electron chi connectivity index (χ3n) is 1.98. The Morgan fingerprint density at radius 2 is 2.31 bits per heavy atom. The van der Waals surface area contributed by atoms with Crippen molar-refractivity contribution in [3.8, 4) is 0 Å². The van der Waals surface area contributed by atoms with Gasteiger partial charge in [-0.05, 0) is 35.6 Å². The molecule has 0 aromatic carbocycles. The van der Waals surface area contributed by atoms with E-state index in [4.69, 9.17) is 0 Å². The molecule has 2 heterocycles. The monoisotopic (exact) mass is 335 g/mol. The van der Waals surface area contributed by atoms with Crippen molar-refractivity contribution in [3.05, 3.63) is 16.0 Å². The van der Waals surface area contributed by atoms with Gasteiger partial charge in [-0.1, -0.05) is 0 Å². The van der Waals surface area contributed by atoms with E-state index >= 15 is 0 Å². The molecule has 2 rings (SSSR count). The number of rotatable bonds is 1. The van der Waals surface area contributed by atoms with Gasteiger partial charge in [0.15, 0.2) is 0 Å². The van der Waals surface area contributed by atoms with Crippen LogP contribution >= 0.6 is 47.4 Å². The van der Waals surface area contributed by atoms with E-state index < -0.39 is 0 Å². The van der Waals surface area contributed by atoms with E-state index in [2.05, 4.69) is 43.9 Å². The predicted octanol–water partition coefficient (Wildman–Crippen LogP) is 1.87. The largest absolute Gasteiger partial charge is 0.315 e. The summed E-state index contributed by atoms with van der Waals surface area (Å²) in [6.07, 6.45) is 5.20. The van der Waals surface area contributed by atoms with Crippen LogP contribution in [0.1, 0.15) is 12.5 Å². The molecule has 6 heteroatoms. The van der Waals surface area contributed by atoms with E-state index in [-0.39, 0.29) is 24.8 Å². The number of hydrogen-bond donors (Lipinski definition) is 1. The summed E-state index contributed by atoms with van der Waals surface area (Å²) in [4.78, 5) is 0. The smallest absolute Gasteiger partial charge is 0.0656 e. The Morgan fingerprint density at radius 3 is 2.77 bits per heavy atom. The Labute approximate surface area is 104 Å². The molecule has 0 saturated carbocycles. The molecular weight excluding hydrogens is 324 g/mol. The van der Waals surface area contributed by atoms with Gasteiger partial charge in [-0.3, -0.25) is 4.68 Å². The van der Waals surface area contributed by atoms with Gasteiger partial charge >= 0.3 is 0 Å². The number of hydrogen-bond acceptors (Lipinski definition) is 2. The summed E-state index contributed by atoms with van der Waals surface area (Å²) >= 11 is 2.28. The molecule has 76 valence electrons. The number of nitrogens with zero attached hydrogens (tertiary/aromatic N) is 2. The summed E-state index contributed by atoms with van der Waals surface area (Å²) in [6, 6.07) is 0.582. The lowest BCUT2D eigenvalue weighted by Crippen LogP contribution is -2.13. The van der Waals surface area contributed by atoms with Crippen LogP contribution in [0.3, 0.4) is 0 Å². The van der Waals surface area contributed by atoms with Gasteiger partial charge in [0.1, 0.15) is 0 Å². The van der Waals surface area contributed by atoms with Gasteiger partial charge in [0, 0.05) is 12.7 Å². The highest BCUT2D eigenvalue weighted by atomic mass is 127. The lowest BCUT2D eigenvalue weighted by Gasteiger charge is -2.07. The second-order valence-electron chi connectivity index (χ2n) is 2.79. The summed E-state index contributed by atoms with van der Waals surface area (Å²) in [6.45, 7) is 2.19.